The Morgan fingerprint density at radius 3 is 3.00 bits per heavy atom. The van der Waals surface area contributed by atoms with Gasteiger partial charge in [-0.25, -0.2) is 14.8 Å². The first-order chi connectivity index (χ1) is 8.27. The number of thiophene rings is 1. The Labute approximate surface area is 100 Å². The van der Waals surface area contributed by atoms with E-state index in [1.54, 1.807) is 23.0 Å². The fourth-order valence-corrected chi connectivity index (χ4v) is 2.39. The van der Waals surface area contributed by atoms with E-state index in [1.165, 1.54) is 11.3 Å². The smallest absolute Gasteiger partial charge is 0.356 e. The quantitative estimate of drug-likeness (QED) is 0.751. The number of aromatic nitrogens is 3. The number of aromatic carboxylic acids is 1. The number of carboxylic acids is 1. The third kappa shape index (κ3) is 1.50. The minimum absolute atomic E-state index is 0.0517. The Bertz CT molecular complexity index is 688. The second-order valence-corrected chi connectivity index (χ2v) is 4.35. The van der Waals surface area contributed by atoms with Gasteiger partial charge in [0.2, 0.25) is 0 Å². The van der Waals surface area contributed by atoms with Crippen molar-refractivity contribution in [2.45, 2.75) is 0 Å². The van der Waals surface area contributed by atoms with Gasteiger partial charge in [0.15, 0.2) is 11.5 Å². The lowest BCUT2D eigenvalue weighted by molar-refractivity contribution is 0.0693. The van der Waals surface area contributed by atoms with Crippen LogP contribution in [0, 0.1) is 0 Å². The van der Waals surface area contributed by atoms with Gasteiger partial charge in [0, 0.05) is 6.20 Å². The number of carboxylic acid groups (broad SMARTS) is 1. The zero-order valence-electron chi connectivity index (χ0n) is 8.57. The predicted molar refractivity (Wildman–Crippen MR) is 63.3 cm³/mol. The Balaban J connectivity index is 2.37. The van der Waals surface area contributed by atoms with Gasteiger partial charge in [-0.2, -0.15) is 0 Å². The zero-order valence-corrected chi connectivity index (χ0v) is 9.39. The molecule has 0 saturated carbocycles. The van der Waals surface area contributed by atoms with E-state index in [0.29, 0.717) is 11.3 Å². The van der Waals surface area contributed by atoms with Gasteiger partial charge in [-0.3, -0.25) is 4.40 Å². The summed E-state index contributed by atoms with van der Waals surface area (Å²) in [4.78, 5) is 20.2. The monoisotopic (exact) mass is 245 g/mol. The topological polar surface area (TPSA) is 67.5 Å². The fraction of sp³-hybridized carbons (Fsp3) is 0. The summed E-state index contributed by atoms with van der Waals surface area (Å²) in [5.41, 5.74) is 0.603. The molecule has 0 aliphatic rings. The average molecular weight is 245 g/mol. The molecule has 0 aliphatic heterocycles. The molecular formula is C11H7N3O2S. The van der Waals surface area contributed by atoms with E-state index >= 15 is 0 Å². The summed E-state index contributed by atoms with van der Waals surface area (Å²) in [5.74, 6) is -0.419. The van der Waals surface area contributed by atoms with Crippen LogP contribution in [-0.2, 0) is 0 Å². The molecule has 3 aromatic rings. The molecule has 0 saturated heterocycles. The molecule has 0 radical (unpaired) electrons. The lowest BCUT2D eigenvalue weighted by Gasteiger charge is -1.95. The van der Waals surface area contributed by atoms with Gasteiger partial charge in [0.05, 0.1) is 10.4 Å². The Morgan fingerprint density at radius 1 is 1.41 bits per heavy atom. The molecule has 0 bridgehead atoms. The highest BCUT2D eigenvalue weighted by Crippen LogP contribution is 2.26. The normalized spacial score (nSPS) is 10.8. The summed E-state index contributed by atoms with van der Waals surface area (Å²) < 4.78 is 1.69. The van der Waals surface area contributed by atoms with E-state index in [9.17, 15) is 4.79 Å². The number of carbonyl (C=O) groups is 1. The highest BCUT2D eigenvalue weighted by molar-refractivity contribution is 7.13. The van der Waals surface area contributed by atoms with Gasteiger partial charge < -0.3 is 5.11 Å². The highest BCUT2D eigenvalue weighted by atomic mass is 32.1. The first-order valence-electron chi connectivity index (χ1n) is 4.86. The van der Waals surface area contributed by atoms with Crippen LogP contribution in [0.3, 0.4) is 0 Å². The Hall–Kier alpha value is -2.21. The lowest BCUT2D eigenvalue weighted by atomic mass is 10.4. The summed E-state index contributed by atoms with van der Waals surface area (Å²) in [7, 11) is 0. The van der Waals surface area contributed by atoms with Crippen molar-refractivity contribution in [2.24, 2.45) is 0 Å². The molecule has 0 unspecified atom stereocenters. The Kier molecular flexibility index (Phi) is 2.15. The summed E-state index contributed by atoms with van der Waals surface area (Å²) in [6.07, 6.45) is 3.13. The maximum absolute atomic E-state index is 11.1. The molecule has 3 heterocycles. The molecule has 0 amide bonds. The van der Waals surface area contributed by atoms with Crippen molar-refractivity contribution in [1.29, 1.82) is 0 Å². The van der Waals surface area contributed by atoms with Crippen molar-refractivity contribution in [3.05, 3.63) is 41.8 Å². The minimum Gasteiger partial charge on any atom is -0.476 e. The van der Waals surface area contributed by atoms with Crippen molar-refractivity contribution in [1.82, 2.24) is 14.4 Å². The summed E-state index contributed by atoms with van der Waals surface area (Å²) in [5, 5.41) is 11.0. The molecule has 0 atom stereocenters. The first-order valence-corrected chi connectivity index (χ1v) is 5.74. The summed E-state index contributed by atoms with van der Waals surface area (Å²) in [6, 6.07) is 5.45. The summed E-state index contributed by atoms with van der Waals surface area (Å²) in [6.45, 7) is 0. The van der Waals surface area contributed by atoms with Crippen LogP contribution in [0.1, 0.15) is 10.5 Å². The van der Waals surface area contributed by atoms with Gasteiger partial charge in [0.1, 0.15) is 6.33 Å². The van der Waals surface area contributed by atoms with E-state index in [4.69, 9.17) is 5.11 Å². The van der Waals surface area contributed by atoms with Crippen LogP contribution in [0.2, 0.25) is 0 Å². The van der Waals surface area contributed by atoms with E-state index in [2.05, 4.69) is 9.97 Å². The van der Waals surface area contributed by atoms with Crippen LogP contribution < -0.4 is 0 Å². The zero-order chi connectivity index (χ0) is 11.8. The third-order valence-electron chi connectivity index (χ3n) is 2.39. The molecule has 0 aliphatic carbocycles. The molecule has 84 valence electrons. The van der Waals surface area contributed by atoms with Gasteiger partial charge in [-0.15, -0.1) is 11.3 Å². The van der Waals surface area contributed by atoms with Crippen molar-refractivity contribution in [2.75, 3.05) is 0 Å². The lowest BCUT2D eigenvalue weighted by Crippen LogP contribution is -1.97. The predicted octanol–water partition coefficient (Wildman–Crippen LogP) is 2.16. The van der Waals surface area contributed by atoms with Gasteiger partial charge in [0.25, 0.3) is 0 Å². The molecule has 3 rings (SSSR count). The number of fused-ring (bicyclic) bond motifs is 1. The molecule has 0 aromatic carbocycles. The molecule has 6 heteroatoms. The molecule has 1 N–H and O–H groups in total. The molecular weight excluding hydrogens is 238 g/mol. The summed E-state index contributed by atoms with van der Waals surface area (Å²) >= 11 is 1.51. The van der Waals surface area contributed by atoms with E-state index in [-0.39, 0.29) is 5.69 Å². The number of rotatable bonds is 2. The van der Waals surface area contributed by atoms with Crippen molar-refractivity contribution >= 4 is 22.8 Å². The SMILES string of the molecule is O=C(O)c1nc(-c2cccs2)n2cnccc12. The second-order valence-electron chi connectivity index (χ2n) is 3.40. The van der Waals surface area contributed by atoms with Crippen molar-refractivity contribution < 1.29 is 9.90 Å². The number of imidazole rings is 1. The number of nitrogens with zero attached hydrogens (tertiary/aromatic N) is 3. The average Bonchev–Trinajstić information content (AvgIpc) is 2.95. The first kappa shape index (κ1) is 9.98. The van der Waals surface area contributed by atoms with Crippen LogP contribution >= 0.6 is 11.3 Å². The maximum atomic E-state index is 11.1. The van der Waals surface area contributed by atoms with Crippen LogP contribution in [0.5, 0.6) is 0 Å². The minimum atomic E-state index is -1.03. The van der Waals surface area contributed by atoms with Gasteiger partial charge >= 0.3 is 5.97 Å². The maximum Gasteiger partial charge on any atom is 0.356 e. The Morgan fingerprint density at radius 2 is 2.29 bits per heavy atom. The molecule has 5 nitrogen and oxygen atoms in total. The van der Waals surface area contributed by atoms with Crippen molar-refractivity contribution in [3.63, 3.8) is 0 Å². The van der Waals surface area contributed by atoms with Crippen LogP contribution in [0.25, 0.3) is 16.2 Å². The fourth-order valence-electron chi connectivity index (χ4n) is 1.68. The largest absolute Gasteiger partial charge is 0.476 e. The molecule has 3 aromatic heterocycles. The molecule has 17 heavy (non-hydrogen) atoms. The van der Waals surface area contributed by atoms with E-state index in [0.717, 1.165) is 4.88 Å². The number of hydrogen-bond donors (Lipinski definition) is 1. The third-order valence-corrected chi connectivity index (χ3v) is 3.26. The second kappa shape index (κ2) is 3.67. The van der Waals surface area contributed by atoms with Crippen LogP contribution in [0.15, 0.2) is 36.1 Å². The standard InChI is InChI=1S/C11H7N3O2S/c15-11(16)9-7-3-4-12-6-14(7)10(13-9)8-2-1-5-17-8/h1-6H,(H,15,16). The van der Waals surface area contributed by atoms with Crippen molar-refractivity contribution in [3.8, 4) is 10.7 Å². The molecule has 0 fully saturated rings. The van der Waals surface area contributed by atoms with Crippen LogP contribution in [0.4, 0.5) is 0 Å². The number of hydrogen-bond acceptors (Lipinski definition) is 4. The van der Waals surface area contributed by atoms with E-state index in [1.807, 2.05) is 17.5 Å². The van der Waals surface area contributed by atoms with Crippen LogP contribution in [-0.4, -0.2) is 25.4 Å². The van der Waals surface area contributed by atoms with E-state index < -0.39 is 5.97 Å². The highest BCUT2D eigenvalue weighted by Gasteiger charge is 2.17. The van der Waals surface area contributed by atoms with Gasteiger partial charge in [-0.05, 0) is 17.5 Å². The molecule has 0 spiro atoms. The van der Waals surface area contributed by atoms with Gasteiger partial charge in [-0.1, -0.05) is 6.07 Å².